The Bertz CT molecular complexity index is 1250. The van der Waals surface area contributed by atoms with Gasteiger partial charge in [-0.05, 0) is 50.6 Å². The van der Waals surface area contributed by atoms with Gasteiger partial charge in [0, 0.05) is 37.9 Å². The summed E-state index contributed by atoms with van der Waals surface area (Å²) in [5.41, 5.74) is 3.38. The Balaban J connectivity index is 0.000000456. The SMILES string of the molecule is C=C1c2c(sc(C(=O)N3CCN(c4ccc(F)c(Cl)c4)CC3)c2C)[N+](C)=CN1CC=O.CC.CC.CNC1CCCCC1. The number of fused-ring (bicyclic) bond motifs is 1. The van der Waals surface area contributed by atoms with E-state index in [9.17, 15) is 14.0 Å². The van der Waals surface area contributed by atoms with E-state index < -0.39 is 5.82 Å². The van der Waals surface area contributed by atoms with Crippen molar-refractivity contribution in [1.29, 1.82) is 0 Å². The number of nitrogens with zero attached hydrogens (tertiary/aromatic N) is 4. The number of nitrogens with one attached hydrogen (secondary N) is 1. The van der Waals surface area contributed by atoms with Gasteiger partial charge in [-0.1, -0.05) is 76.5 Å². The van der Waals surface area contributed by atoms with Crippen LogP contribution in [0.5, 0.6) is 0 Å². The molecule has 0 unspecified atom stereocenters. The minimum absolute atomic E-state index is 0.00294. The zero-order valence-corrected chi connectivity index (χ0v) is 28.6. The quantitative estimate of drug-likeness (QED) is 0.279. The molecule has 1 saturated heterocycles. The van der Waals surface area contributed by atoms with Crippen molar-refractivity contribution >= 4 is 57.9 Å². The Morgan fingerprint density at radius 3 is 2.30 bits per heavy atom. The summed E-state index contributed by atoms with van der Waals surface area (Å²) < 4.78 is 15.4. The van der Waals surface area contributed by atoms with Crippen LogP contribution in [0.15, 0.2) is 24.8 Å². The molecule has 3 heterocycles. The fraction of sp³-hybridized carbons (Fsp3) is 0.545. The van der Waals surface area contributed by atoms with Gasteiger partial charge < -0.3 is 15.1 Å². The summed E-state index contributed by atoms with van der Waals surface area (Å²) in [6, 6.07) is 5.53. The fourth-order valence-corrected chi connectivity index (χ4v) is 6.79. The summed E-state index contributed by atoms with van der Waals surface area (Å²) in [4.78, 5) is 30.7. The van der Waals surface area contributed by atoms with Gasteiger partial charge in [0.15, 0.2) is 11.3 Å². The first-order valence-corrected chi connectivity index (χ1v) is 16.7. The third-order valence-electron chi connectivity index (χ3n) is 7.71. The van der Waals surface area contributed by atoms with E-state index in [0.29, 0.717) is 31.1 Å². The average molecular weight is 635 g/mol. The Morgan fingerprint density at radius 1 is 1.14 bits per heavy atom. The normalized spacial score (nSPS) is 16.4. The second kappa shape index (κ2) is 18.1. The first-order valence-electron chi connectivity index (χ1n) is 15.5. The number of halogens is 2. The molecule has 0 spiro atoms. The Labute approximate surface area is 267 Å². The molecule has 3 aliphatic rings. The van der Waals surface area contributed by atoms with Gasteiger partial charge in [0.2, 0.25) is 6.34 Å². The number of benzene rings is 1. The van der Waals surface area contributed by atoms with Gasteiger partial charge in [-0.2, -0.15) is 0 Å². The molecule has 1 aliphatic carbocycles. The minimum Gasteiger partial charge on any atom is -0.368 e. The lowest BCUT2D eigenvalue weighted by molar-refractivity contribution is -0.401. The third kappa shape index (κ3) is 9.13. The van der Waals surface area contributed by atoms with Crippen LogP contribution in [-0.2, 0) is 4.79 Å². The van der Waals surface area contributed by atoms with E-state index in [1.165, 1.54) is 49.5 Å². The summed E-state index contributed by atoms with van der Waals surface area (Å²) in [6.45, 7) is 16.7. The molecule has 5 rings (SSSR count). The number of aldehydes is 1. The average Bonchev–Trinajstić information content (AvgIpc) is 3.41. The van der Waals surface area contributed by atoms with Gasteiger partial charge in [-0.15, -0.1) is 0 Å². The lowest BCUT2D eigenvalue weighted by Crippen LogP contribution is -2.48. The van der Waals surface area contributed by atoms with Crippen LogP contribution in [0.1, 0.15) is 80.6 Å². The molecule has 2 fully saturated rings. The molecule has 7 nitrogen and oxygen atoms in total. The number of anilines is 1. The van der Waals surface area contributed by atoms with Crippen LogP contribution < -0.4 is 10.2 Å². The van der Waals surface area contributed by atoms with Gasteiger partial charge in [-0.25, -0.2) is 13.9 Å². The first kappa shape index (κ1) is 36.4. The summed E-state index contributed by atoms with van der Waals surface area (Å²) in [5, 5.41) is 4.35. The van der Waals surface area contributed by atoms with Crippen LogP contribution in [0.4, 0.5) is 15.1 Å². The van der Waals surface area contributed by atoms with Crippen molar-refractivity contribution in [2.24, 2.45) is 0 Å². The van der Waals surface area contributed by atoms with Crippen molar-refractivity contribution in [3.8, 4) is 0 Å². The predicted octanol–water partition coefficient (Wildman–Crippen LogP) is 7.19. The number of carbonyl (C=O) groups excluding carboxylic acids is 2. The van der Waals surface area contributed by atoms with Crippen LogP contribution in [0, 0.1) is 12.7 Å². The zero-order chi connectivity index (χ0) is 32.1. The molecule has 1 amide bonds. The zero-order valence-electron chi connectivity index (χ0n) is 27.0. The summed E-state index contributed by atoms with van der Waals surface area (Å²) in [6.07, 6.45) is 9.79. The third-order valence-corrected chi connectivity index (χ3v) is 9.37. The smallest absolute Gasteiger partial charge is 0.264 e. The molecule has 1 aromatic heterocycles. The van der Waals surface area contributed by atoms with Gasteiger partial charge in [0.05, 0.1) is 22.5 Å². The Hall–Kier alpha value is -2.75. The second-order valence-corrected chi connectivity index (χ2v) is 11.6. The summed E-state index contributed by atoms with van der Waals surface area (Å²) >= 11 is 7.36. The first-order chi connectivity index (χ1) is 20.7. The maximum atomic E-state index is 13.4. The molecule has 2 aliphatic heterocycles. The monoisotopic (exact) mass is 634 g/mol. The fourth-order valence-electron chi connectivity index (χ4n) is 5.39. The standard InChI is InChI=1S/C22H23ClFN4O2S.C7H15N.2C2H6/c1-14-19-15(2)28(10-11-29)13-25(3)22(19)31-20(14)21(30)27-8-6-26(7-9-27)16-4-5-18(24)17(23)12-16;1-8-7-5-3-2-4-6-7;2*1-2/h4-5,11-13H,2,6-10H2,1,3H3;7-8H,2-6H2,1H3;2*1-2H3/q+1;;;. The molecule has 0 radical (unpaired) electrons. The highest BCUT2D eigenvalue weighted by Crippen LogP contribution is 2.42. The lowest BCUT2D eigenvalue weighted by Gasteiger charge is -2.36. The van der Waals surface area contributed by atoms with E-state index in [0.717, 1.165) is 39.8 Å². The number of carbonyl (C=O) groups is 2. The maximum Gasteiger partial charge on any atom is 0.264 e. The van der Waals surface area contributed by atoms with E-state index >= 15 is 0 Å². The molecular weight excluding hydrogens is 585 g/mol. The number of amides is 1. The van der Waals surface area contributed by atoms with Crippen molar-refractivity contribution in [2.75, 3.05) is 51.7 Å². The van der Waals surface area contributed by atoms with Crippen molar-refractivity contribution in [1.82, 2.24) is 15.1 Å². The predicted molar refractivity (Wildman–Crippen MR) is 181 cm³/mol. The highest BCUT2D eigenvalue weighted by Gasteiger charge is 2.34. The molecule has 1 saturated carbocycles. The van der Waals surface area contributed by atoms with E-state index in [-0.39, 0.29) is 17.5 Å². The molecule has 1 aromatic carbocycles. The number of thiophene rings is 1. The summed E-state index contributed by atoms with van der Waals surface area (Å²) in [5.74, 6) is -0.441. The summed E-state index contributed by atoms with van der Waals surface area (Å²) in [7, 11) is 3.97. The van der Waals surface area contributed by atoms with Crippen molar-refractivity contribution < 1.29 is 18.6 Å². The maximum absolute atomic E-state index is 13.4. The number of hydrogen-bond donors (Lipinski definition) is 1. The molecule has 1 N–H and O–H groups in total. The molecule has 10 heteroatoms. The van der Waals surface area contributed by atoms with E-state index in [1.807, 2.05) is 57.5 Å². The lowest BCUT2D eigenvalue weighted by atomic mass is 9.96. The van der Waals surface area contributed by atoms with Crippen LogP contribution in [0.3, 0.4) is 0 Å². The molecule has 0 atom stereocenters. The van der Waals surface area contributed by atoms with Gasteiger partial charge in [-0.3, -0.25) is 9.59 Å². The highest BCUT2D eigenvalue weighted by molar-refractivity contribution is 7.17. The molecule has 238 valence electrons. The van der Waals surface area contributed by atoms with E-state index in [4.69, 9.17) is 11.6 Å². The van der Waals surface area contributed by atoms with Gasteiger partial charge in [0.25, 0.3) is 5.91 Å². The highest BCUT2D eigenvalue weighted by atomic mass is 35.5. The van der Waals surface area contributed by atoms with Crippen LogP contribution in [0.25, 0.3) is 5.70 Å². The van der Waals surface area contributed by atoms with Crippen molar-refractivity contribution in [3.63, 3.8) is 0 Å². The van der Waals surface area contributed by atoms with Gasteiger partial charge in [0.1, 0.15) is 18.1 Å². The topological polar surface area (TPSA) is 58.9 Å². The van der Waals surface area contributed by atoms with Gasteiger partial charge >= 0.3 is 0 Å². The molecular formula is C33H50ClFN5O2S+. The van der Waals surface area contributed by atoms with Crippen molar-refractivity contribution in [3.05, 3.63) is 51.6 Å². The van der Waals surface area contributed by atoms with Crippen molar-refractivity contribution in [2.45, 2.75) is 72.8 Å². The Morgan fingerprint density at radius 2 is 1.77 bits per heavy atom. The largest absolute Gasteiger partial charge is 0.368 e. The molecule has 2 aromatic rings. The van der Waals surface area contributed by atoms with Crippen LogP contribution in [0.2, 0.25) is 5.02 Å². The molecule has 0 bridgehead atoms. The van der Waals surface area contributed by atoms with E-state index in [1.54, 1.807) is 17.0 Å². The number of hydrogen-bond acceptors (Lipinski definition) is 6. The molecule has 43 heavy (non-hydrogen) atoms. The number of rotatable bonds is 5. The minimum atomic E-state index is -0.438. The second-order valence-electron chi connectivity index (χ2n) is 10.2. The Kier molecular flexibility index (Phi) is 15.4. The van der Waals surface area contributed by atoms with E-state index in [2.05, 4.69) is 23.8 Å². The van der Waals surface area contributed by atoms with Crippen LogP contribution >= 0.6 is 22.9 Å². The number of piperazine rings is 1. The van der Waals surface area contributed by atoms with Crippen LogP contribution in [-0.4, -0.2) is 85.8 Å².